The molecule has 0 saturated heterocycles. The van der Waals surface area contributed by atoms with Crippen LogP contribution in [0.1, 0.15) is 54.4 Å². The molecule has 1 aliphatic rings. The van der Waals surface area contributed by atoms with E-state index < -0.39 is 0 Å². The molecule has 18 heavy (non-hydrogen) atoms. The minimum atomic E-state index is -0.329. The van der Waals surface area contributed by atoms with Gasteiger partial charge < -0.3 is 0 Å². The summed E-state index contributed by atoms with van der Waals surface area (Å²) in [5.74, 6) is -0.329. The van der Waals surface area contributed by atoms with E-state index in [0.29, 0.717) is 5.56 Å². The average molecular weight is 246 g/mol. The molecule has 0 heterocycles. The Morgan fingerprint density at radius 1 is 1.11 bits per heavy atom. The average Bonchev–Trinajstić information content (AvgIpc) is 2.26. The van der Waals surface area contributed by atoms with Crippen LogP contribution in [0.4, 0.5) is 4.39 Å². The van der Waals surface area contributed by atoms with Gasteiger partial charge in [0.2, 0.25) is 0 Å². The second kappa shape index (κ2) is 5.94. The van der Waals surface area contributed by atoms with Crippen LogP contribution in [-0.2, 0) is 0 Å². The van der Waals surface area contributed by atoms with Crippen molar-refractivity contribution in [3.63, 3.8) is 0 Å². The summed E-state index contributed by atoms with van der Waals surface area (Å²) in [5, 5.41) is 0. The summed E-state index contributed by atoms with van der Waals surface area (Å²) < 4.78 is 13.3. The molecule has 96 valence electrons. The van der Waals surface area contributed by atoms with Gasteiger partial charge in [0.1, 0.15) is 5.82 Å². The summed E-state index contributed by atoms with van der Waals surface area (Å²) in [7, 11) is 0. The van der Waals surface area contributed by atoms with Crippen LogP contribution >= 0.6 is 0 Å². The third-order valence-electron chi connectivity index (χ3n) is 3.39. The third kappa shape index (κ3) is 3.28. The van der Waals surface area contributed by atoms with Crippen LogP contribution in [0.25, 0.3) is 0 Å². The Balaban J connectivity index is 2.23. The van der Waals surface area contributed by atoms with Gasteiger partial charge in [-0.2, -0.15) is 0 Å². The fraction of sp³-hybridized carbons (Fsp3) is 0.438. The Labute approximate surface area is 108 Å². The molecule has 0 N–H and O–H groups in total. The number of hydrogen-bond acceptors (Lipinski definition) is 1. The lowest BCUT2D eigenvalue weighted by Crippen LogP contribution is -2.06. The normalized spacial score (nSPS) is 19.6. The Hall–Kier alpha value is -1.44. The number of rotatable bonds is 2. The molecule has 0 bridgehead atoms. The van der Waals surface area contributed by atoms with Gasteiger partial charge in [0.25, 0.3) is 0 Å². The van der Waals surface area contributed by atoms with Crippen LogP contribution in [-0.4, -0.2) is 5.78 Å². The van der Waals surface area contributed by atoms with Gasteiger partial charge in [-0.25, -0.2) is 4.39 Å². The predicted molar refractivity (Wildman–Crippen MR) is 71.3 cm³/mol. The van der Waals surface area contributed by atoms with E-state index in [4.69, 9.17) is 0 Å². The van der Waals surface area contributed by atoms with E-state index in [2.05, 4.69) is 0 Å². The molecule has 1 aliphatic carbocycles. The fourth-order valence-electron chi connectivity index (χ4n) is 2.45. The van der Waals surface area contributed by atoms with Crippen LogP contribution in [0, 0.1) is 12.7 Å². The number of carbonyl (C=O) groups is 1. The smallest absolute Gasteiger partial charge is 0.188 e. The number of halogens is 1. The summed E-state index contributed by atoms with van der Waals surface area (Å²) in [4.78, 5) is 12.3. The number of Topliss-reactive ketones (excluding diaryl/α,β-unsaturated/α-hetero) is 1. The lowest BCUT2D eigenvalue weighted by atomic mass is 9.93. The topological polar surface area (TPSA) is 17.1 Å². The van der Waals surface area contributed by atoms with Crippen LogP contribution in [0.2, 0.25) is 0 Å². The monoisotopic (exact) mass is 246 g/mol. The molecular formula is C16H19FO. The highest BCUT2D eigenvalue weighted by atomic mass is 19.1. The molecule has 0 amide bonds. The lowest BCUT2D eigenvalue weighted by molar-refractivity contribution is 0.102. The van der Waals surface area contributed by atoms with E-state index in [-0.39, 0.29) is 11.6 Å². The third-order valence-corrected chi connectivity index (χ3v) is 3.39. The van der Waals surface area contributed by atoms with Gasteiger partial charge in [0.05, 0.1) is 0 Å². The first-order valence-electron chi connectivity index (χ1n) is 6.68. The zero-order chi connectivity index (χ0) is 13.0. The highest BCUT2D eigenvalue weighted by Gasteiger charge is 2.14. The number of aryl methyl sites for hydroxylation is 1. The molecule has 0 aromatic heterocycles. The molecule has 0 radical (unpaired) electrons. The van der Waals surface area contributed by atoms with Crippen LogP contribution in [0.3, 0.4) is 0 Å². The van der Waals surface area contributed by atoms with E-state index in [0.717, 1.165) is 36.8 Å². The van der Waals surface area contributed by atoms with Crippen molar-refractivity contribution < 1.29 is 9.18 Å². The molecular weight excluding hydrogens is 227 g/mol. The summed E-state index contributed by atoms with van der Waals surface area (Å²) in [6, 6.07) is 4.56. The number of allylic oxidation sites excluding steroid dienone is 2. The molecule has 0 atom stereocenters. The van der Waals surface area contributed by atoms with Gasteiger partial charge >= 0.3 is 0 Å². The Morgan fingerprint density at radius 3 is 2.67 bits per heavy atom. The molecule has 0 unspecified atom stereocenters. The molecule has 1 aromatic carbocycles. The minimum Gasteiger partial charge on any atom is -0.289 e. The van der Waals surface area contributed by atoms with E-state index in [9.17, 15) is 9.18 Å². The molecule has 1 aromatic rings. The molecule has 1 nitrogen and oxygen atoms in total. The van der Waals surface area contributed by atoms with Gasteiger partial charge in [0.15, 0.2) is 5.78 Å². The van der Waals surface area contributed by atoms with Gasteiger partial charge in [-0.15, -0.1) is 0 Å². The first-order valence-corrected chi connectivity index (χ1v) is 6.68. The molecule has 0 saturated carbocycles. The molecule has 2 heteroatoms. The van der Waals surface area contributed by atoms with Crippen molar-refractivity contribution in [2.45, 2.75) is 45.4 Å². The van der Waals surface area contributed by atoms with E-state index in [1.54, 1.807) is 6.07 Å². The maximum atomic E-state index is 13.3. The Morgan fingerprint density at radius 2 is 1.89 bits per heavy atom. The van der Waals surface area contributed by atoms with Gasteiger partial charge in [-0.1, -0.05) is 18.9 Å². The predicted octanol–water partition coefficient (Wildman–Crippen LogP) is 4.60. The number of carbonyl (C=O) groups excluding carboxylic acids is 1. The molecule has 0 fully saturated rings. The molecule has 0 aliphatic heterocycles. The standard InChI is InChI=1S/C16H19FO/c1-12-9-14(11-15(17)10-12)16(18)13-7-5-3-2-4-6-8-13/h7,9-11H,2-6,8H2,1H3/b13-7+. The number of hydrogen-bond donors (Lipinski definition) is 0. The first kappa shape index (κ1) is 13.0. The van der Waals surface area contributed by atoms with E-state index in [1.165, 1.54) is 25.0 Å². The van der Waals surface area contributed by atoms with Crippen LogP contribution < -0.4 is 0 Å². The van der Waals surface area contributed by atoms with Crippen LogP contribution in [0.15, 0.2) is 29.8 Å². The molecule has 0 spiro atoms. The molecule has 2 rings (SSSR count). The zero-order valence-electron chi connectivity index (χ0n) is 10.8. The van der Waals surface area contributed by atoms with Crippen molar-refractivity contribution in [2.75, 3.05) is 0 Å². The fourth-order valence-corrected chi connectivity index (χ4v) is 2.45. The number of benzene rings is 1. The quantitative estimate of drug-likeness (QED) is 0.697. The maximum absolute atomic E-state index is 13.3. The van der Waals surface area contributed by atoms with Crippen molar-refractivity contribution in [3.8, 4) is 0 Å². The maximum Gasteiger partial charge on any atom is 0.188 e. The Kier molecular flexibility index (Phi) is 4.29. The van der Waals surface area contributed by atoms with Crippen molar-refractivity contribution in [3.05, 3.63) is 46.8 Å². The summed E-state index contributed by atoms with van der Waals surface area (Å²) in [6.45, 7) is 1.81. The van der Waals surface area contributed by atoms with Crippen molar-refractivity contribution >= 4 is 5.78 Å². The SMILES string of the molecule is Cc1cc(F)cc(C(=O)/C2=C/CCCCCC2)c1. The Bertz CT molecular complexity index is 454. The lowest BCUT2D eigenvalue weighted by Gasteiger charge is -2.11. The summed E-state index contributed by atoms with van der Waals surface area (Å²) >= 11 is 0. The second-order valence-electron chi connectivity index (χ2n) is 5.03. The highest BCUT2D eigenvalue weighted by Crippen LogP contribution is 2.21. The second-order valence-corrected chi connectivity index (χ2v) is 5.03. The van der Waals surface area contributed by atoms with Gasteiger partial charge in [-0.3, -0.25) is 4.79 Å². The largest absolute Gasteiger partial charge is 0.289 e. The van der Waals surface area contributed by atoms with E-state index >= 15 is 0 Å². The van der Waals surface area contributed by atoms with Crippen molar-refractivity contribution in [1.29, 1.82) is 0 Å². The van der Waals surface area contributed by atoms with Gasteiger partial charge in [0, 0.05) is 5.56 Å². The number of ketones is 1. The van der Waals surface area contributed by atoms with Crippen LogP contribution in [0.5, 0.6) is 0 Å². The highest BCUT2D eigenvalue weighted by molar-refractivity contribution is 6.08. The summed E-state index contributed by atoms with van der Waals surface area (Å²) in [6.07, 6.45) is 8.49. The van der Waals surface area contributed by atoms with E-state index in [1.807, 2.05) is 13.0 Å². The zero-order valence-corrected chi connectivity index (χ0v) is 10.8. The minimum absolute atomic E-state index is 0.000463. The summed E-state index contributed by atoms with van der Waals surface area (Å²) in [5.41, 5.74) is 2.14. The van der Waals surface area contributed by atoms with Gasteiger partial charge in [-0.05, 0) is 61.9 Å². The van der Waals surface area contributed by atoms with Crippen molar-refractivity contribution in [1.82, 2.24) is 0 Å². The van der Waals surface area contributed by atoms with Crippen molar-refractivity contribution in [2.24, 2.45) is 0 Å². The first-order chi connectivity index (χ1) is 8.66.